The van der Waals surface area contributed by atoms with Crippen molar-refractivity contribution in [3.05, 3.63) is 65.7 Å². The average Bonchev–Trinajstić information content (AvgIpc) is 2.73. The van der Waals surface area contributed by atoms with Crippen LogP contribution in [0.5, 0.6) is 0 Å². The van der Waals surface area contributed by atoms with Crippen LogP contribution >= 0.6 is 0 Å². The summed E-state index contributed by atoms with van der Waals surface area (Å²) in [7, 11) is 1.73. The number of piperidine rings is 1. The van der Waals surface area contributed by atoms with Gasteiger partial charge in [0.2, 0.25) is 11.8 Å². The van der Waals surface area contributed by atoms with Gasteiger partial charge in [0.05, 0.1) is 24.0 Å². The summed E-state index contributed by atoms with van der Waals surface area (Å²) in [5.74, 6) is -0.163. The van der Waals surface area contributed by atoms with Gasteiger partial charge in [0.25, 0.3) is 0 Å². The van der Waals surface area contributed by atoms with E-state index in [-0.39, 0.29) is 17.7 Å². The molecule has 5 nitrogen and oxygen atoms in total. The molecule has 1 aliphatic heterocycles. The molecule has 0 aromatic heterocycles. The lowest BCUT2D eigenvalue weighted by Crippen LogP contribution is -2.46. The first-order valence-electron chi connectivity index (χ1n) is 9.18. The molecule has 3 rings (SSSR count). The monoisotopic (exact) mass is 361 g/mol. The van der Waals surface area contributed by atoms with Gasteiger partial charge in [-0.15, -0.1) is 0 Å². The van der Waals surface area contributed by atoms with E-state index in [9.17, 15) is 9.59 Å². The van der Waals surface area contributed by atoms with Gasteiger partial charge in [-0.1, -0.05) is 36.4 Å². The van der Waals surface area contributed by atoms with Crippen LogP contribution in [0.2, 0.25) is 0 Å². The third-order valence-corrected chi connectivity index (χ3v) is 5.01. The SMILES string of the molecule is CN(C(=O)C1CCCN(C(=O)Cc2ccccc2)C1)c1cccc(C#N)c1. The van der Waals surface area contributed by atoms with Crippen LogP contribution in [0.15, 0.2) is 54.6 Å². The highest BCUT2D eigenvalue weighted by Gasteiger charge is 2.30. The van der Waals surface area contributed by atoms with Crippen LogP contribution in [0.4, 0.5) is 5.69 Å². The van der Waals surface area contributed by atoms with E-state index in [0.29, 0.717) is 30.8 Å². The van der Waals surface area contributed by atoms with Gasteiger partial charge in [0.1, 0.15) is 0 Å². The molecule has 1 heterocycles. The summed E-state index contributed by atoms with van der Waals surface area (Å²) in [6.07, 6.45) is 1.96. The average molecular weight is 361 g/mol. The number of hydrogen-bond acceptors (Lipinski definition) is 3. The topological polar surface area (TPSA) is 64.4 Å². The number of anilines is 1. The number of rotatable bonds is 4. The van der Waals surface area contributed by atoms with Crippen LogP contribution in [0.3, 0.4) is 0 Å². The Morgan fingerprint density at radius 1 is 1.19 bits per heavy atom. The molecule has 138 valence electrons. The number of nitrogens with zero attached hydrogens (tertiary/aromatic N) is 3. The van der Waals surface area contributed by atoms with Crippen LogP contribution in [0.1, 0.15) is 24.0 Å². The summed E-state index contributed by atoms with van der Waals surface area (Å²) in [6.45, 7) is 1.15. The fourth-order valence-corrected chi connectivity index (χ4v) is 3.47. The van der Waals surface area contributed by atoms with Gasteiger partial charge in [0, 0.05) is 25.8 Å². The third-order valence-electron chi connectivity index (χ3n) is 5.01. The fourth-order valence-electron chi connectivity index (χ4n) is 3.47. The maximum atomic E-state index is 12.9. The Bertz CT molecular complexity index is 857. The molecule has 0 spiro atoms. The van der Waals surface area contributed by atoms with Crippen molar-refractivity contribution in [1.29, 1.82) is 5.26 Å². The standard InChI is InChI=1S/C22H23N3O2/c1-24(20-11-5-9-18(13-20)15-23)22(27)19-10-6-12-25(16-19)21(26)14-17-7-3-2-4-8-17/h2-5,7-9,11,13,19H,6,10,12,14,16H2,1H3. The zero-order chi connectivity index (χ0) is 19.2. The van der Waals surface area contributed by atoms with Gasteiger partial charge in [-0.25, -0.2) is 0 Å². The summed E-state index contributed by atoms with van der Waals surface area (Å²) < 4.78 is 0. The van der Waals surface area contributed by atoms with Crippen molar-refractivity contribution >= 4 is 17.5 Å². The van der Waals surface area contributed by atoms with Crippen molar-refractivity contribution in [2.75, 3.05) is 25.0 Å². The molecule has 0 saturated carbocycles. The molecule has 27 heavy (non-hydrogen) atoms. The summed E-state index contributed by atoms with van der Waals surface area (Å²) >= 11 is 0. The van der Waals surface area contributed by atoms with Gasteiger partial charge < -0.3 is 9.80 Å². The fraction of sp³-hybridized carbons (Fsp3) is 0.318. The lowest BCUT2D eigenvalue weighted by Gasteiger charge is -2.34. The molecular weight excluding hydrogens is 338 g/mol. The number of amides is 2. The van der Waals surface area contributed by atoms with E-state index in [2.05, 4.69) is 6.07 Å². The van der Waals surface area contributed by atoms with Crippen LogP contribution in [-0.2, 0) is 16.0 Å². The Kier molecular flexibility index (Phi) is 5.87. The summed E-state index contributed by atoms with van der Waals surface area (Å²) in [5, 5.41) is 9.05. The van der Waals surface area contributed by atoms with Crippen molar-refractivity contribution in [2.45, 2.75) is 19.3 Å². The maximum absolute atomic E-state index is 12.9. The minimum atomic E-state index is -0.214. The van der Waals surface area contributed by atoms with E-state index in [1.165, 1.54) is 0 Å². The number of hydrogen-bond donors (Lipinski definition) is 0. The molecule has 1 unspecified atom stereocenters. The highest BCUT2D eigenvalue weighted by Crippen LogP contribution is 2.23. The number of carbonyl (C=O) groups is 2. The lowest BCUT2D eigenvalue weighted by atomic mass is 9.95. The highest BCUT2D eigenvalue weighted by molar-refractivity contribution is 5.95. The van der Waals surface area contributed by atoms with Crippen LogP contribution in [0.25, 0.3) is 0 Å². The summed E-state index contributed by atoms with van der Waals surface area (Å²) in [6, 6.07) is 18.8. The number of likely N-dealkylation sites (tertiary alicyclic amines) is 1. The smallest absolute Gasteiger partial charge is 0.231 e. The van der Waals surface area contributed by atoms with E-state index >= 15 is 0 Å². The molecule has 0 N–H and O–H groups in total. The van der Waals surface area contributed by atoms with E-state index in [1.54, 1.807) is 35.0 Å². The van der Waals surface area contributed by atoms with Crippen LogP contribution in [0, 0.1) is 17.2 Å². The Morgan fingerprint density at radius 2 is 1.96 bits per heavy atom. The molecule has 5 heteroatoms. The first kappa shape index (κ1) is 18.7. The van der Waals surface area contributed by atoms with Crippen molar-refractivity contribution in [3.8, 4) is 6.07 Å². The van der Waals surface area contributed by atoms with Gasteiger partial charge in [-0.05, 0) is 36.6 Å². The largest absolute Gasteiger partial charge is 0.342 e. The minimum absolute atomic E-state index is 0.0118. The van der Waals surface area contributed by atoms with Crippen LogP contribution in [-0.4, -0.2) is 36.9 Å². The Morgan fingerprint density at radius 3 is 2.70 bits per heavy atom. The third kappa shape index (κ3) is 4.53. The quantitative estimate of drug-likeness (QED) is 0.841. The molecular formula is C22H23N3O2. The Labute approximate surface area is 159 Å². The highest BCUT2D eigenvalue weighted by atomic mass is 16.2. The van der Waals surface area contributed by atoms with E-state index < -0.39 is 0 Å². The zero-order valence-corrected chi connectivity index (χ0v) is 15.5. The Balaban J connectivity index is 1.65. The van der Waals surface area contributed by atoms with E-state index in [0.717, 1.165) is 18.4 Å². The molecule has 2 aromatic carbocycles. The molecule has 1 saturated heterocycles. The molecule has 2 amide bonds. The number of benzene rings is 2. The van der Waals surface area contributed by atoms with Crippen molar-refractivity contribution in [1.82, 2.24) is 4.90 Å². The van der Waals surface area contributed by atoms with Gasteiger partial charge in [-0.3, -0.25) is 9.59 Å². The van der Waals surface area contributed by atoms with Crippen molar-refractivity contribution in [3.63, 3.8) is 0 Å². The molecule has 1 fully saturated rings. The van der Waals surface area contributed by atoms with Crippen LogP contribution < -0.4 is 4.90 Å². The van der Waals surface area contributed by atoms with Gasteiger partial charge in [0.15, 0.2) is 0 Å². The lowest BCUT2D eigenvalue weighted by molar-refractivity contribution is -0.134. The summed E-state index contributed by atoms with van der Waals surface area (Å²) in [5.41, 5.74) is 2.21. The van der Waals surface area contributed by atoms with Gasteiger partial charge >= 0.3 is 0 Å². The number of carbonyl (C=O) groups excluding carboxylic acids is 2. The van der Waals surface area contributed by atoms with E-state index in [4.69, 9.17) is 5.26 Å². The molecule has 0 bridgehead atoms. The Hall–Kier alpha value is -3.13. The molecule has 1 aliphatic rings. The second-order valence-electron chi connectivity index (χ2n) is 6.90. The first-order valence-corrected chi connectivity index (χ1v) is 9.18. The predicted octanol–water partition coefficient (Wildman–Crippen LogP) is 3.00. The first-order chi connectivity index (χ1) is 13.1. The minimum Gasteiger partial charge on any atom is -0.342 e. The molecule has 0 radical (unpaired) electrons. The van der Waals surface area contributed by atoms with Crippen molar-refractivity contribution < 1.29 is 9.59 Å². The summed E-state index contributed by atoms with van der Waals surface area (Å²) in [4.78, 5) is 29.0. The molecule has 0 aliphatic carbocycles. The van der Waals surface area contributed by atoms with Crippen molar-refractivity contribution in [2.24, 2.45) is 5.92 Å². The normalized spacial score (nSPS) is 16.4. The second-order valence-corrected chi connectivity index (χ2v) is 6.90. The zero-order valence-electron chi connectivity index (χ0n) is 15.5. The number of nitriles is 1. The van der Waals surface area contributed by atoms with E-state index in [1.807, 2.05) is 36.4 Å². The molecule has 1 atom stereocenters. The maximum Gasteiger partial charge on any atom is 0.231 e. The predicted molar refractivity (Wildman–Crippen MR) is 104 cm³/mol. The molecule has 2 aromatic rings. The second kappa shape index (κ2) is 8.50. The van der Waals surface area contributed by atoms with Gasteiger partial charge in [-0.2, -0.15) is 5.26 Å².